The summed E-state index contributed by atoms with van der Waals surface area (Å²) in [7, 11) is 1.80. The van der Waals surface area contributed by atoms with Gasteiger partial charge in [-0.1, -0.05) is 11.6 Å². The molecule has 1 aromatic heterocycles. The molecule has 2 heterocycles. The molecule has 1 saturated heterocycles. The molecule has 1 amide bonds. The third-order valence-electron chi connectivity index (χ3n) is 3.59. The van der Waals surface area contributed by atoms with Crippen LogP contribution in [0.2, 0.25) is 5.02 Å². The van der Waals surface area contributed by atoms with Gasteiger partial charge in [-0.25, -0.2) is 4.98 Å². The molecule has 0 aliphatic carbocycles. The van der Waals surface area contributed by atoms with Crippen LogP contribution in [0.25, 0.3) is 0 Å². The zero-order valence-electron chi connectivity index (χ0n) is 12.0. The number of nitrogens with zero attached hydrogens (tertiary/aromatic N) is 2. The van der Waals surface area contributed by atoms with Crippen molar-refractivity contribution in [3.05, 3.63) is 22.8 Å². The minimum atomic E-state index is -0.0789. The Balaban J connectivity index is 2.14. The molecule has 0 radical (unpaired) electrons. The minimum absolute atomic E-state index is 0.0633. The van der Waals surface area contributed by atoms with Gasteiger partial charge in [0.25, 0.3) is 5.91 Å². The number of carbonyl (C=O) groups is 1. The summed E-state index contributed by atoms with van der Waals surface area (Å²) in [6, 6.07) is 1.76. The normalized spacial score (nSPS) is 21.8. The summed E-state index contributed by atoms with van der Waals surface area (Å²) in [5.41, 5.74) is 0.498. The summed E-state index contributed by atoms with van der Waals surface area (Å²) < 4.78 is 5.50. The highest BCUT2D eigenvalue weighted by Crippen LogP contribution is 2.23. The summed E-state index contributed by atoms with van der Waals surface area (Å²) in [4.78, 5) is 18.4. The second-order valence-electron chi connectivity index (χ2n) is 4.93. The monoisotopic (exact) mass is 297 g/mol. The molecular formula is C14H20ClN3O2. The molecule has 1 aliphatic rings. The van der Waals surface area contributed by atoms with Crippen LogP contribution >= 0.6 is 11.6 Å². The number of anilines is 1. The van der Waals surface area contributed by atoms with E-state index in [0.717, 1.165) is 13.0 Å². The van der Waals surface area contributed by atoms with E-state index in [9.17, 15) is 4.79 Å². The fourth-order valence-electron chi connectivity index (χ4n) is 2.44. The van der Waals surface area contributed by atoms with Crippen LogP contribution in [0.1, 0.15) is 30.6 Å². The van der Waals surface area contributed by atoms with Gasteiger partial charge >= 0.3 is 0 Å². The van der Waals surface area contributed by atoms with Gasteiger partial charge in [0.15, 0.2) is 0 Å². The van der Waals surface area contributed by atoms with Crippen molar-refractivity contribution >= 4 is 23.3 Å². The first kappa shape index (κ1) is 15.1. The number of hydrogen-bond donors (Lipinski definition) is 1. The molecule has 0 spiro atoms. The van der Waals surface area contributed by atoms with E-state index in [4.69, 9.17) is 16.3 Å². The minimum Gasteiger partial charge on any atom is -0.376 e. The zero-order chi connectivity index (χ0) is 14.7. The average molecular weight is 298 g/mol. The SMILES string of the molecule is CCNc1ncc(C(=O)N(C)C2CCOC2C)cc1Cl. The number of halogens is 1. The number of pyridine rings is 1. The first-order valence-electron chi connectivity index (χ1n) is 6.82. The van der Waals surface area contributed by atoms with Crippen LogP contribution in [0.3, 0.4) is 0 Å². The van der Waals surface area contributed by atoms with Gasteiger partial charge in [0, 0.05) is 26.4 Å². The Hall–Kier alpha value is -1.33. The lowest BCUT2D eigenvalue weighted by molar-refractivity contribution is 0.0574. The molecule has 2 unspecified atom stereocenters. The van der Waals surface area contributed by atoms with Gasteiger partial charge in [-0.2, -0.15) is 0 Å². The second kappa shape index (κ2) is 6.41. The van der Waals surface area contributed by atoms with Crippen molar-refractivity contribution in [2.24, 2.45) is 0 Å². The highest BCUT2D eigenvalue weighted by molar-refractivity contribution is 6.33. The first-order chi connectivity index (χ1) is 9.54. The van der Waals surface area contributed by atoms with Crippen molar-refractivity contribution in [3.63, 3.8) is 0 Å². The standard InChI is InChI=1S/C14H20ClN3O2/c1-4-16-13-11(15)7-10(8-17-13)14(19)18(3)12-5-6-20-9(12)2/h7-9,12H,4-6H2,1-3H3,(H,16,17). The highest BCUT2D eigenvalue weighted by Gasteiger charge is 2.31. The predicted octanol–water partition coefficient (Wildman–Crippen LogP) is 2.42. The van der Waals surface area contributed by atoms with Gasteiger partial charge in [0.05, 0.1) is 22.7 Å². The zero-order valence-corrected chi connectivity index (χ0v) is 12.8. The smallest absolute Gasteiger partial charge is 0.255 e. The number of hydrogen-bond acceptors (Lipinski definition) is 4. The molecule has 0 saturated carbocycles. The number of aromatic nitrogens is 1. The van der Waals surface area contributed by atoms with Gasteiger partial charge in [0.1, 0.15) is 5.82 Å². The van der Waals surface area contributed by atoms with E-state index < -0.39 is 0 Å². The molecule has 6 heteroatoms. The Morgan fingerprint density at radius 2 is 2.40 bits per heavy atom. The fourth-order valence-corrected chi connectivity index (χ4v) is 2.67. The van der Waals surface area contributed by atoms with E-state index in [-0.39, 0.29) is 18.1 Å². The van der Waals surface area contributed by atoms with Crippen molar-refractivity contribution in [2.45, 2.75) is 32.4 Å². The maximum atomic E-state index is 12.4. The van der Waals surface area contributed by atoms with E-state index >= 15 is 0 Å². The van der Waals surface area contributed by atoms with Gasteiger partial charge in [-0.05, 0) is 26.3 Å². The molecule has 2 rings (SSSR count). The van der Waals surface area contributed by atoms with Crippen molar-refractivity contribution in [1.82, 2.24) is 9.88 Å². The van der Waals surface area contributed by atoms with Gasteiger partial charge in [-0.15, -0.1) is 0 Å². The van der Waals surface area contributed by atoms with E-state index in [0.29, 0.717) is 23.0 Å². The fraction of sp³-hybridized carbons (Fsp3) is 0.571. The maximum absolute atomic E-state index is 12.4. The van der Waals surface area contributed by atoms with Crippen molar-refractivity contribution < 1.29 is 9.53 Å². The Bertz CT molecular complexity index is 495. The lowest BCUT2D eigenvalue weighted by atomic mass is 10.1. The van der Waals surface area contributed by atoms with E-state index in [1.54, 1.807) is 24.2 Å². The molecule has 1 aromatic rings. The number of nitrogens with one attached hydrogen (secondary N) is 1. The van der Waals surface area contributed by atoms with Crippen LogP contribution in [-0.4, -0.2) is 48.1 Å². The summed E-state index contributed by atoms with van der Waals surface area (Å²) in [5.74, 6) is 0.524. The third-order valence-corrected chi connectivity index (χ3v) is 3.87. The first-order valence-corrected chi connectivity index (χ1v) is 7.20. The lowest BCUT2D eigenvalue weighted by Gasteiger charge is -2.26. The molecule has 20 heavy (non-hydrogen) atoms. The summed E-state index contributed by atoms with van der Waals surface area (Å²) in [5, 5.41) is 3.51. The summed E-state index contributed by atoms with van der Waals surface area (Å²) in [6.45, 7) is 5.38. The topological polar surface area (TPSA) is 54.5 Å². The molecule has 1 aliphatic heterocycles. The van der Waals surface area contributed by atoms with Gasteiger partial charge < -0.3 is 15.0 Å². The van der Waals surface area contributed by atoms with Crippen LogP contribution in [0.15, 0.2) is 12.3 Å². The van der Waals surface area contributed by atoms with E-state index in [1.807, 2.05) is 13.8 Å². The second-order valence-corrected chi connectivity index (χ2v) is 5.34. The van der Waals surface area contributed by atoms with E-state index in [2.05, 4.69) is 10.3 Å². The summed E-state index contributed by atoms with van der Waals surface area (Å²) >= 11 is 6.12. The number of likely N-dealkylation sites (N-methyl/N-ethyl adjacent to an activating group) is 1. The predicted molar refractivity (Wildman–Crippen MR) is 79.3 cm³/mol. The summed E-state index contributed by atoms with van der Waals surface area (Å²) in [6.07, 6.45) is 2.48. The molecule has 110 valence electrons. The Morgan fingerprint density at radius 3 is 2.95 bits per heavy atom. The van der Waals surface area contributed by atoms with Crippen molar-refractivity contribution in [3.8, 4) is 0 Å². The molecule has 2 atom stereocenters. The Morgan fingerprint density at radius 1 is 1.65 bits per heavy atom. The number of carbonyl (C=O) groups excluding carboxylic acids is 1. The highest BCUT2D eigenvalue weighted by atomic mass is 35.5. The van der Waals surface area contributed by atoms with Crippen LogP contribution in [0.5, 0.6) is 0 Å². The van der Waals surface area contributed by atoms with Crippen molar-refractivity contribution in [2.75, 3.05) is 25.5 Å². The maximum Gasteiger partial charge on any atom is 0.255 e. The molecule has 1 N–H and O–H groups in total. The average Bonchev–Trinajstić information content (AvgIpc) is 2.86. The largest absolute Gasteiger partial charge is 0.376 e. The van der Waals surface area contributed by atoms with Crippen LogP contribution < -0.4 is 5.32 Å². The van der Waals surface area contributed by atoms with Gasteiger partial charge in [-0.3, -0.25) is 4.79 Å². The van der Waals surface area contributed by atoms with Crippen molar-refractivity contribution in [1.29, 1.82) is 0 Å². The Kier molecular flexibility index (Phi) is 4.83. The molecule has 1 fully saturated rings. The number of amides is 1. The number of rotatable bonds is 4. The molecule has 5 nitrogen and oxygen atoms in total. The Labute approximate surface area is 124 Å². The molecule has 0 aromatic carbocycles. The van der Waals surface area contributed by atoms with Crippen LogP contribution in [-0.2, 0) is 4.74 Å². The molecule has 0 bridgehead atoms. The number of ether oxygens (including phenoxy) is 1. The quantitative estimate of drug-likeness (QED) is 0.927. The van der Waals surface area contributed by atoms with E-state index in [1.165, 1.54) is 0 Å². The van der Waals surface area contributed by atoms with Crippen LogP contribution in [0.4, 0.5) is 5.82 Å². The molecular weight excluding hydrogens is 278 g/mol. The lowest BCUT2D eigenvalue weighted by Crippen LogP contribution is -2.41. The van der Waals surface area contributed by atoms with Gasteiger partial charge in [0.2, 0.25) is 0 Å². The third kappa shape index (κ3) is 3.04. The van der Waals surface area contributed by atoms with Crippen LogP contribution in [0, 0.1) is 0 Å².